The van der Waals surface area contributed by atoms with Gasteiger partial charge in [0.2, 0.25) is 5.91 Å². The van der Waals surface area contributed by atoms with Crippen LogP contribution in [-0.2, 0) is 4.79 Å². The van der Waals surface area contributed by atoms with Gasteiger partial charge in [-0.2, -0.15) is 0 Å². The molecular weight excluding hydrogens is 342 g/mol. The smallest absolute Gasteiger partial charge is 0.223 e. The first kappa shape index (κ1) is 17.9. The van der Waals surface area contributed by atoms with E-state index < -0.39 is 0 Å². The Morgan fingerprint density at radius 2 is 1.93 bits per heavy atom. The highest BCUT2D eigenvalue weighted by atomic mass is 16.5. The number of benzene rings is 1. The number of nitrogens with one attached hydrogen (secondary N) is 1. The van der Waals surface area contributed by atoms with Crippen molar-refractivity contribution < 1.29 is 13.9 Å². The monoisotopic (exact) mass is 369 g/mol. The highest BCUT2D eigenvalue weighted by Gasteiger charge is 2.32. The fraction of sp³-hybridized carbons (Fsp3) is 0.476. The molecule has 27 heavy (non-hydrogen) atoms. The summed E-state index contributed by atoms with van der Waals surface area (Å²) in [4.78, 5) is 16.9. The van der Waals surface area contributed by atoms with Crippen LogP contribution in [-0.4, -0.2) is 50.6 Å². The number of anilines is 1. The minimum absolute atomic E-state index is 0.0840. The maximum absolute atomic E-state index is 12.1. The lowest BCUT2D eigenvalue weighted by Gasteiger charge is -2.39. The third-order valence-corrected chi connectivity index (χ3v) is 5.48. The van der Waals surface area contributed by atoms with E-state index in [2.05, 4.69) is 27.2 Å². The van der Waals surface area contributed by atoms with Crippen LogP contribution < -0.4 is 15.0 Å². The maximum atomic E-state index is 12.1. The van der Waals surface area contributed by atoms with Crippen LogP contribution in [0.25, 0.3) is 0 Å². The average molecular weight is 369 g/mol. The topological polar surface area (TPSA) is 58.0 Å². The molecule has 2 fully saturated rings. The number of hydrogen-bond donors (Lipinski definition) is 1. The standard InChI is InChI=1S/C21H27N3O3/c1-26-18-8-6-17(7-9-18)23-10-12-24(13-11-23)19(20-3-2-14-27-20)15-22-21(25)16-4-5-16/h2-3,6-9,14,16,19H,4-5,10-13,15H2,1H3,(H,22,25)/t19-/m1/s1. The predicted molar refractivity (Wildman–Crippen MR) is 104 cm³/mol. The van der Waals surface area contributed by atoms with Gasteiger partial charge in [-0.15, -0.1) is 0 Å². The number of furan rings is 1. The molecule has 1 aliphatic heterocycles. The lowest BCUT2D eigenvalue weighted by atomic mass is 10.1. The Balaban J connectivity index is 1.37. The first-order valence-electron chi connectivity index (χ1n) is 9.69. The first-order chi connectivity index (χ1) is 13.2. The number of carbonyl (C=O) groups excluding carboxylic acids is 1. The van der Waals surface area contributed by atoms with Gasteiger partial charge in [-0.3, -0.25) is 9.69 Å². The molecule has 1 saturated heterocycles. The normalized spacial score (nSPS) is 18.9. The Kier molecular flexibility index (Phi) is 5.34. The van der Waals surface area contributed by atoms with E-state index in [9.17, 15) is 4.79 Å². The van der Waals surface area contributed by atoms with E-state index in [4.69, 9.17) is 9.15 Å². The Morgan fingerprint density at radius 1 is 1.19 bits per heavy atom. The van der Waals surface area contributed by atoms with Crippen LogP contribution in [0.5, 0.6) is 5.75 Å². The quantitative estimate of drug-likeness (QED) is 0.813. The van der Waals surface area contributed by atoms with E-state index in [1.807, 2.05) is 24.3 Å². The maximum Gasteiger partial charge on any atom is 0.223 e. The van der Waals surface area contributed by atoms with E-state index in [-0.39, 0.29) is 17.9 Å². The molecule has 2 heterocycles. The zero-order chi connectivity index (χ0) is 18.6. The number of nitrogens with zero attached hydrogens (tertiary/aromatic N) is 2. The molecule has 1 aromatic carbocycles. The number of hydrogen-bond acceptors (Lipinski definition) is 5. The summed E-state index contributed by atoms with van der Waals surface area (Å²) in [5, 5.41) is 3.12. The molecular formula is C21H27N3O3. The summed E-state index contributed by atoms with van der Waals surface area (Å²) in [6.07, 6.45) is 3.76. The molecule has 144 valence electrons. The van der Waals surface area contributed by atoms with Gasteiger partial charge in [-0.25, -0.2) is 0 Å². The van der Waals surface area contributed by atoms with Crippen molar-refractivity contribution in [2.45, 2.75) is 18.9 Å². The van der Waals surface area contributed by atoms with Gasteiger partial charge in [0.25, 0.3) is 0 Å². The molecule has 0 bridgehead atoms. The van der Waals surface area contributed by atoms with Gasteiger partial charge in [-0.05, 0) is 49.2 Å². The van der Waals surface area contributed by atoms with Gasteiger partial charge in [0.05, 0.1) is 19.4 Å². The minimum atomic E-state index is 0.0840. The number of rotatable bonds is 7. The van der Waals surface area contributed by atoms with Crippen molar-refractivity contribution in [1.29, 1.82) is 0 Å². The van der Waals surface area contributed by atoms with Crippen LogP contribution in [0.2, 0.25) is 0 Å². The van der Waals surface area contributed by atoms with Crippen molar-refractivity contribution >= 4 is 11.6 Å². The molecule has 4 rings (SSSR count). The van der Waals surface area contributed by atoms with Gasteiger partial charge >= 0.3 is 0 Å². The zero-order valence-electron chi connectivity index (χ0n) is 15.8. The number of piperazine rings is 1. The van der Waals surface area contributed by atoms with Crippen molar-refractivity contribution in [3.63, 3.8) is 0 Å². The van der Waals surface area contributed by atoms with Gasteiger partial charge < -0.3 is 19.4 Å². The average Bonchev–Trinajstić information content (AvgIpc) is 3.44. The molecule has 0 radical (unpaired) electrons. The van der Waals surface area contributed by atoms with E-state index in [1.54, 1.807) is 13.4 Å². The molecule has 1 atom stereocenters. The predicted octanol–water partition coefficient (Wildman–Crippen LogP) is 2.68. The second-order valence-electron chi connectivity index (χ2n) is 7.27. The fourth-order valence-electron chi connectivity index (χ4n) is 3.66. The number of carbonyl (C=O) groups is 1. The van der Waals surface area contributed by atoms with Gasteiger partial charge in [0, 0.05) is 44.3 Å². The van der Waals surface area contributed by atoms with Gasteiger partial charge in [0.1, 0.15) is 11.5 Å². The van der Waals surface area contributed by atoms with Gasteiger partial charge in [0.15, 0.2) is 0 Å². The molecule has 1 saturated carbocycles. The van der Waals surface area contributed by atoms with E-state index >= 15 is 0 Å². The molecule has 1 aromatic heterocycles. The van der Waals surface area contributed by atoms with Crippen LogP contribution in [0.4, 0.5) is 5.69 Å². The molecule has 2 aromatic rings. The number of amides is 1. The number of ether oxygens (including phenoxy) is 1. The minimum Gasteiger partial charge on any atom is -0.497 e. The van der Waals surface area contributed by atoms with Gasteiger partial charge in [-0.1, -0.05) is 0 Å². The molecule has 0 unspecified atom stereocenters. The molecule has 1 amide bonds. The second kappa shape index (κ2) is 8.05. The molecule has 0 spiro atoms. The summed E-state index contributed by atoms with van der Waals surface area (Å²) >= 11 is 0. The van der Waals surface area contributed by atoms with Crippen LogP contribution in [0, 0.1) is 5.92 Å². The van der Waals surface area contributed by atoms with E-state index in [1.165, 1.54) is 5.69 Å². The van der Waals surface area contributed by atoms with Crippen molar-refractivity contribution in [2.24, 2.45) is 5.92 Å². The molecule has 2 aliphatic rings. The zero-order valence-corrected chi connectivity index (χ0v) is 15.8. The Labute approximate surface area is 160 Å². The Hall–Kier alpha value is -2.47. The lowest BCUT2D eigenvalue weighted by Crippen LogP contribution is -2.50. The molecule has 6 nitrogen and oxygen atoms in total. The molecule has 1 aliphatic carbocycles. The third kappa shape index (κ3) is 4.27. The first-order valence-corrected chi connectivity index (χ1v) is 9.69. The number of methoxy groups -OCH3 is 1. The largest absolute Gasteiger partial charge is 0.497 e. The molecule has 6 heteroatoms. The van der Waals surface area contributed by atoms with Crippen LogP contribution in [0.15, 0.2) is 47.1 Å². The highest BCUT2D eigenvalue weighted by Crippen LogP contribution is 2.30. The summed E-state index contributed by atoms with van der Waals surface area (Å²) in [5.74, 6) is 2.21. The fourth-order valence-corrected chi connectivity index (χ4v) is 3.66. The summed E-state index contributed by atoms with van der Waals surface area (Å²) in [6.45, 7) is 4.35. The van der Waals surface area contributed by atoms with Crippen LogP contribution >= 0.6 is 0 Å². The summed E-state index contributed by atoms with van der Waals surface area (Å²) < 4.78 is 10.9. The second-order valence-corrected chi connectivity index (χ2v) is 7.27. The highest BCUT2D eigenvalue weighted by molar-refractivity contribution is 5.80. The Morgan fingerprint density at radius 3 is 2.52 bits per heavy atom. The van der Waals surface area contributed by atoms with E-state index in [0.29, 0.717) is 6.54 Å². The van der Waals surface area contributed by atoms with Crippen LogP contribution in [0.3, 0.4) is 0 Å². The summed E-state index contributed by atoms with van der Waals surface area (Å²) in [5.41, 5.74) is 1.21. The third-order valence-electron chi connectivity index (χ3n) is 5.48. The lowest BCUT2D eigenvalue weighted by molar-refractivity contribution is -0.122. The van der Waals surface area contributed by atoms with E-state index in [0.717, 1.165) is 50.5 Å². The Bertz CT molecular complexity index is 733. The van der Waals surface area contributed by atoms with Crippen molar-refractivity contribution in [1.82, 2.24) is 10.2 Å². The summed E-state index contributed by atoms with van der Waals surface area (Å²) in [6, 6.07) is 12.2. The SMILES string of the molecule is COc1ccc(N2CCN([C@H](CNC(=O)C3CC3)c3ccco3)CC2)cc1. The van der Waals surface area contributed by atoms with Crippen molar-refractivity contribution in [3.05, 3.63) is 48.4 Å². The molecule has 1 N–H and O–H groups in total. The van der Waals surface area contributed by atoms with Crippen LogP contribution in [0.1, 0.15) is 24.6 Å². The van der Waals surface area contributed by atoms with Crippen molar-refractivity contribution in [3.8, 4) is 5.75 Å². The van der Waals surface area contributed by atoms with Crippen molar-refractivity contribution in [2.75, 3.05) is 44.7 Å². The summed E-state index contributed by atoms with van der Waals surface area (Å²) in [7, 11) is 1.69.